The number of hydrogen-bond acceptors (Lipinski definition) is 1. The van der Waals surface area contributed by atoms with E-state index in [4.69, 9.17) is 0 Å². The van der Waals surface area contributed by atoms with Gasteiger partial charge in [0.05, 0.1) is 0 Å². The molecule has 0 saturated carbocycles. The summed E-state index contributed by atoms with van der Waals surface area (Å²) >= 11 is 3.69. The molecule has 0 aliphatic heterocycles. The highest BCUT2D eigenvalue weighted by atomic mass is 79.9. The first-order chi connectivity index (χ1) is 10.3. The number of nitrogens with zero attached hydrogens (tertiary/aromatic N) is 1. The van der Waals surface area contributed by atoms with E-state index in [-0.39, 0.29) is 0 Å². The van der Waals surface area contributed by atoms with E-state index in [1.165, 1.54) is 32.7 Å². The lowest BCUT2D eigenvalue weighted by molar-refractivity contribution is 1.36. The Morgan fingerprint density at radius 1 is 0.667 bits per heavy atom. The van der Waals surface area contributed by atoms with E-state index in [1.807, 2.05) is 18.5 Å². The molecule has 3 aromatic carbocycles. The molecule has 0 spiro atoms. The summed E-state index contributed by atoms with van der Waals surface area (Å²) in [6.45, 7) is 0. The van der Waals surface area contributed by atoms with Gasteiger partial charge < -0.3 is 0 Å². The molecule has 0 saturated heterocycles. The highest BCUT2D eigenvalue weighted by Gasteiger charge is 2.09. The second-order valence-corrected chi connectivity index (χ2v) is 5.91. The molecule has 2 heteroatoms. The van der Waals surface area contributed by atoms with Crippen molar-refractivity contribution in [3.63, 3.8) is 0 Å². The number of rotatable bonds is 1. The topological polar surface area (TPSA) is 12.9 Å². The minimum atomic E-state index is 1.11. The molecular weight excluding hydrogens is 322 g/mol. The summed E-state index contributed by atoms with van der Waals surface area (Å²) < 4.78 is 1.11. The molecule has 0 fully saturated rings. The van der Waals surface area contributed by atoms with Crippen LogP contribution in [0.2, 0.25) is 0 Å². The molecule has 21 heavy (non-hydrogen) atoms. The molecule has 0 atom stereocenters. The van der Waals surface area contributed by atoms with Crippen molar-refractivity contribution in [2.75, 3.05) is 0 Å². The molecule has 0 aliphatic carbocycles. The van der Waals surface area contributed by atoms with Crippen LogP contribution in [-0.2, 0) is 0 Å². The largest absolute Gasteiger partial charge is 0.263 e. The van der Waals surface area contributed by atoms with Gasteiger partial charge >= 0.3 is 0 Å². The van der Waals surface area contributed by atoms with Gasteiger partial charge in [0, 0.05) is 33.2 Å². The van der Waals surface area contributed by atoms with Crippen molar-refractivity contribution in [3.05, 3.63) is 77.5 Å². The van der Waals surface area contributed by atoms with Crippen molar-refractivity contribution in [1.29, 1.82) is 0 Å². The van der Waals surface area contributed by atoms with Crippen LogP contribution in [0, 0.1) is 0 Å². The molecule has 1 aromatic heterocycles. The van der Waals surface area contributed by atoms with Gasteiger partial charge in [0.25, 0.3) is 0 Å². The van der Waals surface area contributed by atoms with Crippen LogP contribution in [0.5, 0.6) is 0 Å². The van der Waals surface area contributed by atoms with Crippen LogP contribution >= 0.6 is 15.9 Å². The Balaban J connectivity index is 2.15. The molecule has 1 heterocycles. The second-order valence-electron chi connectivity index (χ2n) is 5.05. The summed E-state index contributed by atoms with van der Waals surface area (Å²) in [5, 5.41) is 4.86. The zero-order chi connectivity index (χ0) is 14.2. The Kier molecular flexibility index (Phi) is 2.97. The number of fused-ring (bicyclic) bond motifs is 2. The first kappa shape index (κ1) is 12.5. The van der Waals surface area contributed by atoms with Crippen molar-refractivity contribution in [2.45, 2.75) is 0 Å². The summed E-state index contributed by atoms with van der Waals surface area (Å²) in [7, 11) is 0. The fourth-order valence-corrected chi connectivity index (χ4v) is 3.45. The maximum atomic E-state index is 4.41. The van der Waals surface area contributed by atoms with Crippen molar-refractivity contribution >= 4 is 37.5 Å². The van der Waals surface area contributed by atoms with E-state index >= 15 is 0 Å². The lowest BCUT2D eigenvalue weighted by atomic mass is 9.96. The third-order valence-corrected chi connectivity index (χ3v) is 4.47. The van der Waals surface area contributed by atoms with Crippen LogP contribution in [0.4, 0.5) is 0 Å². The second kappa shape index (κ2) is 4.97. The fourth-order valence-electron chi connectivity index (χ4n) is 2.85. The molecule has 4 aromatic rings. The normalized spacial score (nSPS) is 11.1. The van der Waals surface area contributed by atoms with E-state index in [0.717, 1.165) is 4.47 Å². The predicted octanol–water partition coefficient (Wildman–Crippen LogP) is 5.82. The van der Waals surface area contributed by atoms with E-state index in [1.54, 1.807) is 0 Å². The van der Waals surface area contributed by atoms with Gasteiger partial charge in [-0.1, -0.05) is 70.5 Å². The predicted molar refractivity (Wildman–Crippen MR) is 92.4 cm³/mol. The van der Waals surface area contributed by atoms with Gasteiger partial charge in [-0.05, 0) is 22.4 Å². The number of aromatic nitrogens is 1. The number of pyridine rings is 1. The molecule has 1 nitrogen and oxygen atoms in total. The zero-order valence-electron chi connectivity index (χ0n) is 11.3. The molecular formula is C19H12BrN. The average Bonchev–Trinajstić information content (AvgIpc) is 2.54. The van der Waals surface area contributed by atoms with Crippen LogP contribution in [-0.4, -0.2) is 4.98 Å². The Hall–Kier alpha value is -2.19. The van der Waals surface area contributed by atoms with Gasteiger partial charge in [0.2, 0.25) is 0 Å². The minimum absolute atomic E-state index is 1.11. The van der Waals surface area contributed by atoms with Crippen molar-refractivity contribution in [3.8, 4) is 11.1 Å². The Morgan fingerprint density at radius 3 is 2.33 bits per heavy atom. The molecule has 0 radical (unpaired) electrons. The number of hydrogen-bond donors (Lipinski definition) is 0. The summed E-state index contributed by atoms with van der Waals surface area (Å²) in [5.74, 6) is 0. The summed E-state index contributed by atoms with van der Waals surface area (Å²) in [5.41, 5.74) is 2.38. The number of halogens is 1. The maximum Gasteiger partial charge on any atom is 0.0353 e. The van der Waals surface area contributed by atoms with Gasteiger partial charge in [-0.15, -0.1) is 0 Å². The molecule has 4 rings (SSSR count). The first-order valence-electron chi connectivity index (χ1n) is 6.85. The third kappa shape index (κ3) is 2.03. The van der Waals surface area contributed by atoms with E-state index in [9.17, 15) is 0 Å². The van der Waals surface area contributed by atoms with Gasteiger partial charge in [-0.3, -0.25) is 4.98 Å². The molecule has 0 bridgehead atoms. The van der Waals surface area contributed by atoms with Crippen LogP contribution in [0.3, 0.4) is 0 Å². The molecule has 0 aliphatic rings. The van der Waals surface area contributed by atoms with E-state index < -0.39 is 0 Å². The highest BCUT2D eigenvalue weighted by Crippen LogP contribution is 2.36. The van der Waals surface area contributed by atoms with Gasteiger partial charge in [-0.2, -0.15) is 0 Å². The Morgan fingerprint density at radius 2 is 1.43 bits per heavy atom. The van der Waals surface area contributed by atoms with Crippen LogP contribution < -0.4 is 0 Å². The standard InChI is InChI=1S/C19H12BrN/c20-18-10-4-7-13-6-3-9-16(19(13)18)17-12-21-11-14-5-1-2-8-15(14)17/h1-12H. The lowest BCUT2D eigenvalue weighted by Gasteiger charge is -2.11. The van der Waals surface area contributed by atoms with Gasteiger partial charge in [0.15, 0.2) is 0 Å². The SMILES string of the molecule is Brc1cccc2cccc(-c3cncc4ccccc34)c12. The van der Waals surface area contributed by atoms with E-state index in [0.29, 0.717) is 0 Å². The smallest absolute Gasteiger partial charge is 0.0353 e. The quantitative estimate of drug-likeness (QED) is 0.427. The lowest BCUT2D eigenvalue weighted by Crippen LogP contribution is -1.86. The third-order valence-electron chi connectivity index (χ3n) is 3.81. The monoisotopic (exact) mass is 333 g/mol. The van der Waals surface area contributed by atoms with Crippen molar-refractivity contribution in [2.24, 2.45) is 0 Å². The summed E-state index contributed by atoms with van der Waals surface area (Å²) in [6, 6.07) is 21.1. The molecule has 0 unspecified atom stereocenters. The highest BCUT2D eigenvalue weighted by molar-refractivity contribution is 9.10. The molecule has 100 valence electrons. The van der Waals surface area contributed by atoms with Crippen LogP contribution in [0.25, 0.3) is 32.7 Å². The van der Waals surface area contributed by atoms with Crippen molar-refractivity contribution < 1.29 is 0 Å². The molecule has 0 N–H and O–H groups in total. The summed E-state index contributed by atoms with van der Waals surface area (Å²) in [6.07, 6.45) is 3.87. The Bertz CT molecular complexity index is 949. The van der Waals surface area contributed by atoms with Gasteiger partial charge in [0.1, 0.15) is 0 Å². The van der Waals surface area contributed by atoms with E-state index in [2.05, 4.69) is 75.5 Å². The number of benzene rings is 3. The fraction of sp³-hybridized carbons (Fsp3) is 0. The zero-order valence-corrected chi connectivity index (χ0v) is 12.8. The average molecular weight is 334 g/mol. The van der Waals surface area contributed by atoms with Crippen LogP contribution in [0.1, 0.15) is 0 Å². The first-order valence-corrected chi connectivity index (χ1v) is 7.64. The molecule has 0 amide bonds. The maximum absolute atomic E-state index is 4.41. The minimum Gasteiger partial charge on any atom is -0.263 e. The Labute approximate surface area is 131 Å². The van der Waals surface area contributed by atoms with Crippen molar-refractivity contribution in [1.82, 2.24) is 4.98 Å². The summed E-state index contributed by atoms with van der Waals surface area (Å²) in [4.78, 5) is 4.41. The van der Waals surface area contributed by atoms with Gasteiger partial charge in [-0.25, -0.2) is 0 Å². The van der Waals surface area contributed by atoms with Crippen LogP contribution in [0.15, 0.2) is 77.5 Å².